The number of urea groups is 1. The lowest BCUT2D eigenvalue weighted by molar-refractivity contribution is -0.123. The smallest absolute Gasteiger partial charge is 0.329 e. The number of benzene rings is 3. The molecule has 174 valence electrons. The van der Waals surface area contributed by atoms with Crippen LogP contribution in [0.1, 0.15) is 16.7 Å². The van der Waals surface area contributed by atoms with E-state index in [4.69, 9.17) is 0 Å². The van der Waals surface area contributed by atoms with Gasteiger partial charge in [0.15, 0.2) is 0 Å². The van der Waals surface area contributed by atoms with Gasteiger partial charge in [-0.2, -0.15) is 0 Å². The van der Waals surface area contributed by atoms with Crippen LogP contribution in [0.5, 0.6) is 0 Å². The van der Waals surface area contributed by atoms with Crippen molar-refractivity contribution in [2.24, 2.45) is 0 Å². The molecule has 0 atom stereocenters. The van der Waals surface area contributed by atoms with Crippen molar-refractivity contribution in [2.45, 2.75) is 20.0 Å². The molecular weight excluding hydrogens is 440 g/mol. The quantitative estimate of drug-likeness (QED) is 0.321. The van der Waals surface area contributed by atoms with Crippen LogP contribution in [0, 0.1) is 6.92 Å². The Bertz CT molecular complexity index is 1470. The number of anilines is 1. The van der Waals surface area contributed by atoms with Gasteiger partial charge in [0.05, 0.1) is 6.54 Å². The zero-order chi connectivity index (χ0) is 24.4. The summed E-state index contributed by atoms with van der Waals surface area (Å²) < 4.78 is 1.84. The number of carbonyl (C=O) groups is 3. The molecule has 3 aromatic carbocycles. The van der Waals surface area contributed by atoms with Crippen LogP contribution in [0.15, 0.2) is 90.8 Å². The zero-order valence-electron chi connectivity index (χ0n) is 19.2. The average Bonchev–Trinajstić information content (AvgIpc) is 3.31. The molecule has 35 heavy (non-hydrogen) atoms. The molecule has 0 saturated carbocycles. The molecule has 1 aliphatic rings. The van der Waals surface area contributed by atoms with Gasteiger partial charge in [-0.1, -0.05) is 60.7 Å². The Morgan fingerprint density at radius 1 is 0.971 bits per heavy atom. The molecule has 1 fully saturated rings. The summed E-state index contributed by atoms with van der Waals surface area (Å²) in [7, 11) is 0. The first-order chi connectivity index (χ1) is 17.0. The lowest BCUT2D eigenvalue weighted by atomic mass is 10.1. The van der Waals surface area contributed by atoms with Crippen LogP contribution in [-0.2, 0) is 22.7 Å². The van der Waals surface area contributed by atoms with Crippen molar-refractivity contribution in [2.75, 3.05) is 5.32 Å². The van der Waals surface area contributed by atoms with Gasteiger partial charge in [-0.05, 0) is 42.3 Å². The summed E-state index contributed by atoms with van der Waals surface area (Å²) in [6, 6.07) is 24.2. The minimum Gasteiger partial charge on any atom is -0.337 e. The van der Waals surface area contributed by atoms with E-state index >= 15 is 0 Å². The van der Waals surface area contributed by atoms with Crippen LogP contribution in [0.4, 0.5) is 10.5 Å². The topological polar surface area (TPSA) is 83.4 Å². The van der Waals surface area contributed by atoms with Crippen LogP contribution >= 0.6 is 0 Å². The van der Waals surface area contributed by atoms with Gasteiger partial charge in [-0.15, -0.1) is 0 Å². The molecule has 7 heteroatoms. The third-order valence-corrected chi connectivity index (χ3v) is 5.88. The summed E-state index contributed by atoms with van der Waals surface area (Å²) in [4.78, 5) is 39.4. The van der Waals surface area contributed by atoms with E-state index in [2.05, 4.69) is 10.6 Å². The Hall–Kier alpha value is -4.65. The van der Waals surface area contributed by atoms with Gasteiger partial charge in [0.2, 0.25) is 5.91 Å². The van der Waals surface area contributed by atoms with Crippen LogP contribution in [0.25, 0.3) is 17.0 Å². The lowest BCUT2D eigenvalue weighted by Crippen LogP contribution is -2.30. The number of imide groups is 1. The van der Waals surface area contributed by atoms with E-state index in [1.54, 1.807) is 6.08 Å². The number of hydrogen-bond donors (Lipinski definition) is 2. The highest BCUT2D eigenvalue weighted by Gasteiger charge is 2.33. The molecule has 4 aromatic rings. The molecule has 2 N–H and O–H groups in total. The molecule has 0 spiro atoms. The van der Waals surface area contributed by atoms with Crippen molar-refractivity contribution in [3.8, 4) is 0 Å². The standard InChI is InChI=1S/C28H24N4O3/c1-19-8-7-11-22(14-19)29-26(33)18-31-17-21(23-12-5-6-13-25(23)31)15-24-27(34)32(28(35)30-24)16-20-9-3-2-4-10-20/h2-15,17H,16,18H2,1H3,(H,29,33)(H,30,35)/b24-15+. The molecule has 0 unspecified atom stereocenters. The molecule has 2 heterocycles. The first-order valence-electron chi connectivity index (χ1n) is 11.3. The van der Waals surface area contributed by atoms with Gasteiger partial charge in [0.25, 0.3) is 5.91 Å². The molecular formula is C28H24N4O3. The van der Waals surface area contributed by atoms with E-state index in [1.807, 2.05) is 96.6 Å². The number of nitrogens with one attached hydrogen (secondary N) is 2. The second-order valence-electron chi connectivity index (χ2n) is 8.51. The number of aryl methyl sites for hydroxylation is 1. The molecule has 0 aliphatic carbocycles. The van der Waals surface area contributed by atoms with Crippen molar-refractivity contribution >= 4 is 40.5 Å². The van der Waals surface area contributed by atoms with Crippen molar-refractivity contribution in [1.82, 2.24) is 14.8 Å². The van der Waals surface area contributed by atoms with Crippen LogP contribution in [0.2, 0.25) is 0 Å². The van der Waals surface area contributed by atoms with Gasteiger partial charge in [-0.3, -0.25) is 14.5 Å². The molecule has 1 aromatic heterocycles. The summed E-state index contributed by atoms with van der Waals surface area (Å²) in [5, 5.41) is 6.49. The normalized spacial score (nSPS) is 14.5. The maximum Gasteiger partial charge on any atom is 0.329 e. The number of hydrogen-bond acceptors (Lipinski definition) is 3. The Morgan fingerprint density at radius 2 is 1.74 bits per heavy atom. The molecule has 1 aliphatic heterocycles. The van der Waals surface area contributed by atoms with Gasteiger partial charge < -0.3 is 15.2 Å². The van der Waals surface area contributed by atoms with E-state index in [-0.39, 0.29) is 30.6 Å². The summed E-state index contributed by atoms with van der Waals surface area (Å²) in [6.45, 7) is 2.28. The largest absolute Gasteiger partial charge is 0.337 e. The van der Waals surface area contributed by atoms with E-state index in [0.29, 0.717) is 0 Å². The number of para-hydroxylation sites is 1. The maximum absolute atomic E-state index is 13.0. The highest BCUT2D eigenvalue weighted by atomic mass is 16.2. The number of amides is 4. The molecule has 1 saturated heterocycles. The number of fused-ring (bicyclic) bond motifs is 1. The molecule has 4 amide bonds. The second kappa shape index (κ2) is 9.30. The fraction of sp³-hybridized carbons (Fsp3) is 0.107. The predicted octanol–water partition coefficient (Wildman–Crippen LogP) is 4.68. The SMILES string of the molecule is Cc1cccc(NC(=O)Cn2cc(/C=C3/NC(=O)N(Cc4ccccc4)C3=O)c3ccccc32)c1. The fourth-order valence-corrected chi connectivity index (χ4v) is 4.24. The monoisotopic (exact) mass is 464 g/mol. The summed E-state index contributed by atoms with van der Waals surface area (Å²) in [6.07, 6.45) is 3.50. The molecule has 5 rings (SSSR count). The lowest BCUT2D eigenvalue weighted by Gasteiger charge is -2.11. The second-order valence-corrected chi connectivity index (χ2v) is 8.51. The summed E-state index contributed by atoms with van der Waals surface area (Å²) in [5.74, 6) is -0.539. The van der Waals surface area contributed by atoms with Crippen molar-refractivity contribution in [3.05, 3.63) is 107 Å². The number of carbonyl (C=O) groups excluding carboxylic acids is 3. The van der Waals surface area contributed by atoms with E-state index < -0.39 is 6.03 Å². The minimum atomic E-state index is -0.452. The van der Waals surface area contributed by atoms with Crippen LogP contribution in [-0.4, -0.2) is 27.3 Å². The van der Waals surface area contributed by atoms with Crippen molar-refractivity contribution < 1.29 is 14.4 Å². The number of rotatable bonds is 6. The Kier molecular flexibility index (Phi) is 5.89. The maximum atomic E-state index is 13.0. The molecule has 7 nitrogen and oxygen atoms in total. The van der Waals surface area contributed by atoms with Crippen molar-refractivity contribution in [1.29, 1.82) is 0 Å². The fourth-order valence-electron chi connectivity index (χ4n) is 4.24. The van der Waals surface area contributed by atoms with Gasteiger partial charge in [0.1, 0.15) is 12.2 Å². The minimum absolute atomic E-state index is 0.109. The Balaban J connectivity index is 1.40. The van der Waals surface area contributed by atoms with Crippen molar-refractivity contribution in [3.63, 3.8) is 0 Å². The highest BCUT2D eigenvalue weighted by molar-refractivity contribution is 6.14. The summed E-state index contributed by atoms with van der Waals surface area (Å²) >= 11 is 0. The first-order valence-corrected chi connectivity index (χ1v) is 11.3. The summed E-state index contributed by atoms with van der Waals surface area (Å²) in [5.41, 5.74) is 4.48. The Labute approximate surface area is 202 Å². The average molecular weight is 465 g/mol. The van der Waals surface area contributed by atoms with Crippen LogP contribution < -0.4 is 10.6 Å². The third kappa shape index (κ3) is 4.70. The number of aromatic nitrogens is 1. The highest BCUT2D eigenvalue weighted by Crippen LogP contribution is 2.25. The Morgan fingerprint density at radius 3 is 2.54 bits per heavy atom. The van der Waals surface area contributed by atoms with E-state index in [1.165, 1.54) is 4.90 Å². The molecule has 0 bridgehead atoms. The number of nitrogens with zero attached hydrogens (tertiary/aromatic N) is 2. The van der Waals surface area contributed by atoms with Gasteiger partial charge in [0, 0.05) is 28.4 Å². The van der Waals surface area contributed by atoms with Gasteiger partial charge in [-0.25, -0.2) is 4.79 Å². The zero-order valence-corrected chi connectivity index (χ0v) is 19.2. The van der Waals surface area contributed by atoms with E-state index in [0.717, 1.165) is 33.3 Å². The molecule has 0 radical (unpaired) electrons. The third-order valence-electron chi connectivity index (χ3n) is 5.88. The van der Waals surface area contributed by atoms with E-state index in [9.17, 15) is 14.4 Å². The van der Waals surface area contributed by atoms with Crippen LogP contribution in [0.3, 0.4) is 0 Å². The first kappa shape index (κ1) is 22.2. The predicted molar refractivity (Wildman–Crippen MR) is 135 cm³/mol. The van der Waals surface area contributed by atoms with Gasteiger partial charge >= 0.3 is 6.03 Å².